The van der Waals surface area contributed by atoms with Gasteiger partial charge in [-0.1, -0.05) is 24.3 Å². The van der Waals surface area contributed by atoms with Crippen LogP contribution in [-0.4, -0.2) is 23.4 Å². The van der Waals surface area contributed by atoms with Crippen molar-refractivity contribution in [3.63, 3.8) is 0 Å². The molecular weight excluding hydrogens is 344 g/mol. The van der Waals surface area contributed by atoms with Crippen molar-refractivity contribution in [2.24, 2.45) is 5.14 Å². The standard InChI is InChI=1S/C17H16N2O3S2/c1-23(20)14-10-8-13(9-11-14)15-6-4-12-19(15)16-5-2-3-7-17(16)24(18,21)22/h2-12H,1H3,(H2,18,21,22). The first-order valence-corrected chi connectivity index (χ1v) is 10.2. The van der Waals surface area contributed by atoms with Gasteiger partial charge < -0.3 is 4.57 Å². The van der Waals surface area contributed by atoms with Gasteiger partial charge in [-0.05, 0) is 42.0 Å². The summed E-state index contributed by atoms with van der Waals surface area (Å²) in [7, 11) is -4.88. The Kier molecular flexibility index (Phi) is 4.40. The number of benzene rings is 2. The van der Waals surface area contributed by atoms with Crippen LogP contribution in [0.15, 0.2) is 76.7 Å². The Morgan fingerprint density at radius 1 is 0.958 bits per heavy atom. The van der Waals surface area contributed by atoms with Crippen LogP contribution in [0, 0.1) is 0 Å². The Labute approximate surface area is 143 Å². The molecule has 7 heteroatoms. The van der Waals surface area contributed by atoms with Crippen molar-refractivity contribution in [1.29, 1.82) is 0 Å². The molecule has 0 amide bonds. The van der Waals surface area contributed by atoms with Crippen LogP contribution in [0.3, 0.4) is 0 Å². The van der Waals surface area contributed by atoms with Gasteiger partial charge in [0.05, 0.1) is 11.4 Å². The minimum Gasteiger partial charge on any atom is -0.315 e. The molecule has 0 radical (unpaired) electrons. The summed E-state index contributed by atoms with van der Waals surface area (Å²) in [4.78, 5) is 0.801. The van der Waals surface area contributed by atoms with E-state index in [1.54, 1.807) is 47.4 Å². The van der Waals surface area contributed by atoms with Crippen LogP contribution < -0.4 is 5.14 Å². The Morgan fingerprint density at radius 3 is 2.25 bits per heavy atom. The number of rotatable bonds is 4. The second-order valence-corrected chi connectivity index (χ2v) is 8.16. The average Bonchev–Trinajstić information content (AvgIpc) is 3.03. The van der Waals surface area contributed by atoms with Crippen LogP contribution in [0.1, 0.15) is 0 Å². The van der Waals surface area contributed by atoms with E-state index >= 15 is 0 Å². The monoisotopic (exact) mass is 360 g/mol. The molecule has 1 aromatic heterocycles. The zero-order valence-electron chi connectivity index (χ0n) is 12.9. The molecule has 0 fully saturated rings. The van der Waals surface area contributed by atoms with Crippen LogP contribution in [-0.2, 0) is 20.8 Å². The van der Waals surface area contributed by atoms with E-state index in [1.807, 2.05) is 24.3 Å². The van der Waals surface area contributed by atoms with Gasteiger partial charge >= 0.3 is 0 Å². The third-order valence-corrected chi connectivity index (χ3v) is 5.56. The maximum Gasteiger partial charge on any atom is 0.240 e. The van der Waals surface area contributed by atoms with E-state index in [4.69, 9.17) is 5.14 Å². The van der Waals surface area contributed by atoms with E-state index in [2.05, 4.69) is 0 Å². The van der Waals surface area contributed by atoms with Gasteiger partial charge in [-0.25, -0.2) is 13.6 Å². The number of hydrogen-bond acceptors (Lipinski definition) is 3. The molecule has 0 aliphatic heterocycles. The number of primary sulfonamides is 1. The fourth-order valence-electron chi connectivity index (χ4n) is 2.54. The molecule has 1 unspecified atom stereocenters. The summed E-state index contributed by atoms with van der Waals surface area (Å²) in [5.74, 6) is 0. The van der Waals surface area contributed by atoms with E-state index in [-0.39, 0.29) is 4.90 Å². The summed E-state index contributed by atoms with van der Waals surface area (Å²) in [6.45, 7) is 0. The molecule has 124 valence electrons. The number of nitrogens with zero attached hydrogens (tertiary/aromatic N) is 1. The average molecular weight is 360 g/mol. The van der Waals surface area contributed by atoms with Gasteiger partial charge in [0.1, 0.15) is 4.90 Å². The summed E-state index contributed by atoms with van der Waals surface area (Å²) in [5.41, 5.74) is 2.20. The molecular formula is C17H16N2O3S2. The third-order valence-electron chi connectivity index (χ3n) is 3.66. The van der Waals surface area contributed by atoms with E-state index in [9.17, 15) is 12.6 Å². The quantitative estimate of drug-likeness (QED) is 0.776. The molecule has 5 nitrogen and oxygen atoms in total. The first-order valence-electron chi connectivity index (χ1n) is 7.11. The van der Waals surface area contributed by atoms with Gasteiger partial charge in [0, 0.05) is 28.1 Å². The van der Waals surface area contributed by atoms with Gasteiger partial charge in [-0.15, -0.1) is 0 Å². The lowest BCUT2D eigenvalue weighted by Crippen LogP contribution is -2.15. The summed E-state index contributed by atoms with van der Waals surface area (Å²) in [6.07, 6.45) is 3.41. The first kappa shape index (κ1) is 16.6. The topological polar surface area (TPSA) is 82.2 Å². The Hall–Kier alpha value is -2.22. The van der Waals surface area contributed by atoms with Crippen molar-refractivity contribution in [2.75, 3.05) is 6.26 Å². The summed E-state index contributed by atoms with van der Waals surface area (Å²) in [5, 5.41) is 5.33. The second kappa shape index (κ2) is 6.35. The molecule has 0 spiro atoms. The van der Waals surface area contributed by atoms with Crippen LogP contribution in [0.5, 0.6) is 0 Å². The molecule has 0 saturated heterocycles. The maximum absolute atomic E-state index is 11.8. The van der Waals surface area contributed by atoms with Gasteiger partial charge in [-0.3, -0.25) is 4.21 Å². The highest BCUT2D eigenvalue weighted by molar-refractivity contribution is 7.89. The number of nitrogens with two attached hydrogens (primary N) is 1. The SMILES string of the molecule is CS(=O)c1ccc(-c2cccn2-c2ccccc2S(N)(=O)=O)cc1. The smallest absolute Gasteiger partial charge is 0.240 e. The number of sulfonamides is 1. The van der Waals surface area contributed by atoms with Gasteiger partial charge in [0.25, 0.3) is 0 Å². The van der Waals surface area contributed by atoms with Crippen LogP contribution >= 0.6 is 0 Å². The van der Waals surface area contributed by atoms with Gasteiger partial charge in [0.15, 0.2) is 0 Å². The van der Waals surface area contributed by atoms with Crippen LogP contribution in [0.25, 0.3) is 16.9 Å². The van der Waals surface area contributed by atoms with Crippen molar-refractivity contribution in [3.8, 4) is 16.9 Å². The molecule has 3 aromatic rings. The van der Waals surface area contributed by atoms with Crippen LogP contribution in [0.4, 0.5) is 0 Å². The van der Waals surface area contributed by atoms with E-state index in [0.717, 1.165) is 16.2 Å². The number of para-hydroxylation sites is 1. The summed E-state index contributed by atoms with van der Waals surface area (Å²) in [6, 6.07) is 17.6. The molecule has 0 bridgehead atoms. The lowest BCUT2D eigenvalue weighted by atomic mass is 10.1. The fraction of sp³-hybridized carbons (Fsp3) is 0.0588. The summed E-state index contributed by atoms with van der Waals surface area (Å²) < 4.78 is 37.0. The van der Waals surface area contributed by atoms with Gasteiger partial charge in [-0.2, -0.15) is 0 Å². The minimum absolute atomic E-state index is 0.0636. The van der Waals surface area contributed by atoms with E-state index in [0.29, 0.717) is 5.69 Å². The Balaban J connectivity index is 2.14. The minimum atomic E-state index is -3.84. The molecule has 3 rings (SSSR count). The predicted octanol–water partition coefficient (Wildman–Crippen LogP) is 2.53. The molecule has 0 aliphatic carbocycles. The molecule has 0 aliphatic rings. The first-order chi connectivity index (χ1) is 11.4. The van der Waals surface area contributed by atoms with Crippen LogP contribution in [0.2, 0.25) is 0 Å². The Morgan fingerprint density at radius 2 is 1.62 bits per heavy atom. The fourth-order valence-corrected chi connectivity index (χ4v) is 3.79. The maximum atomic E-state index is 11.8. The molecule has 0 saturated carbocycles. The highest BCUT2D eigenvalue weighted by Gasteiger charge is 2.16. The second-order valence-electron chi connectivity index (χ2n) is 5.25. The molecule has 2 aromatic carbocycles. The zero-order chi connectivity index (χ0) is 17.3. The normalized spacial score (nSPS) is 12.9. The Bertz CT molecular complexity index is 1010. The van der Waals surface area contributed by atoms with Crippen molar-refractivity contribution in [2.45, 2.75) is 9.79 Å². The largest absolute Gasteiger partial charge is 0.315 e. The van der Waals surface area contributed by atoms with Crippen molar-refractivity contribution in [3.05, 3.63) is 66.9 Å². The highest BCUT2D eigenvalue weighted by atomic mass is 32.2. The van der Waals surface area contributed by atoms with Crippen molar-refractivity contribution >= 4 is 20.8 Å². The number of aromatic nitrogens is 1. The lowest BCUT2D eigenvalue weighted by molar-refractivity contribution is 0.597. The van der Waals surface area contributed by atoms with E-state index in [1.165, 1.54) is 6.07 Å². The lowest BCUT2D eigenvalue weighted by Gasteiger charge is -2.13. The molecule has 24 heavy (non-hydrogen) atoms. The van der Waals surface area contributed by atoms with Gasteiger partial charge in [0.2, 0.25) is 10.0 Å². The molecule has 2 N–H and O–H groups in total. The van der Waals surface area contributed by atoms with Crippen molar-refractivity contribution in [1.82, 2.24) is 4.57 Å². The highest BCUT2D eigenvalue weighted by Crippen LogP contribution is 2.27. The molecule has 1 atom stereocenters. The zero-order valence-corrected chi connectivity index (χ0v) is 14.5. The van der Waals surface area contributed by atoms with E-state index < -0.39 is 20.8 Å². The van der Waals surface area contributed by atoms with Crippen molar-refractivity contribution < 1.29 is 12.6 Å². The summed E-state index contributed by atoms with van der Waals surface area (Å²) >= 11 is 0. The predicted molar refractivity (Wildman–Crippen MR) is 94.9 cm³/mol. The third kappa shape index (κ3) is 3.19. The number of hydrogen-bond donors (Lipinski definition) is 1. The molecule has 1 heterocycles.